The van der Waals surface area contributed by atoms with Crippen LogP contribution < -0.4 is 0 Å². The Hall–Kier alpha value is -2.17. The van der Waals surface area contributed by atoms with Gasteiger partial charge in [0.1, 0.15) is 17.3 Å². The lowest BCUT2D eigenvalue weighted by Crippen LogP contribution is -2.35. The van der Waals surface area contributed by atoms with Gasteiger partial charge in [0, 0.05) is 18.0 Å². The number of imidazole rings is 1. The van der Waals surface area contributed by atoms with Crippen LogP contribution in [0.3, 0.4) is 0 Å². The van der Waals surface area contributed by atoms with Gasteiger partial charge in [-0.05, 0) is 6.08 Å². The number of amides is 1. The number of carbonyl (C=O) groups excluding carboxylic acids is 1. The minimum atomic E-state index is -3.61. The van der Waals surface area contributed by atoms with E-state index in [1.807, 2.05) is 22.1 Å². The highest BCUT2D eigenvalue weighted by atomic mass is 32.2. The van der Waals surface area contributed by atoms with Crippen LogP contribution in [0.4, 0.5) is 4.79 Å². The molecule has 0 aromatic carbocycles. The van der Waals surface area contributed by atoms with E-state index in [1.54, 1.807) is 23.6 Å². The molecule has 1 saturated heterocycles. The Balaban J connectivity index is 1.78. The van der Waals surface area contributed by atoms with Crippen LogP contribution in [0.2, 0.25) is 0 Å². The van der Waals surface area contributed by atoms with Gasteiger partial charge in [-0.3, -0.25) is 13.5 Å². The summed E-state index contributed by atoms with van der Waals surface area (Å²) < 4.78 is 34.9. The van der Waals surface area contributed by atoms with E-state index in [0.29, 0.717) is 6.42 Å². The van der Waals surface area contributed by atoms with Crippen molar-refractivity contribution < 1.29 is 22.1 Å². The quantitative estimate of drug-likeness (QED) is 0.548. The molecule has 2 aromatic heterocycles. The number of ether oxygens (including phenoxy) is 1. The van der Waals surface area contributed by atoms with Crippen LogP contribution >= 0.6 is 11.3 Å². The first-order valence-electron chi connectivity index (χ1n) is 7.88. The third-order valence-electron chi connectivity index (χ3n) is 3.83. The van der Waals surface area contributed by atoms with Crippen molar-refractivity contribution >= 4 is 38.5 Å². The summed E-state index contributed by atoms with van der Waals surface area (Å²) in [6.07, 6.45) is 8.96. The van der Waals surface area contributed by atoms with E-state index in [4.69, 9.17) is 8.92 Å². The summed E-state index contributed by atoms with van der Waals surface area (Å²) in [6.45, 7) is 3.73. The van der Waals surface area contributed by atoms with E-state index in [9.17, 15) is 13.2 Å². The molecule has 26 heavy (non-hydrogen) atoms. The van der Waals surface area contributed by atoms with Crippen molar-refractivity contribution in [2.75, 3.05) is 19.4 Å². The molecule has 1 aliphatic rings. The molecule has 2 atom stereocenters. The summed E-state index contributed by atoms with van der Waals surface area (Å²) in [5.41, 5.74) is 0. The fraction of sp³-hybridized carbons (Fsp3) is 0.375. The molecule has 10 heteroatoms. The van der Waals surface area contributed by atoms with Crippen LogP contribution in [0.25, 0.3) is 10.9 Å². The average molecular weight is 397 g/mol. The fourth-order valence-corrected chi connectivity index (χ4v) is 4.16. The second-order valence-electron chi connectivity index (χ2n) is 5.83. The Morgan fingerprint density at radius 3 is 3.08 bits per heavy atom. The number of fused-ring (bicyclic) bond motifs is 1. The van der Waals surface area contributed by atoms with Gasteiger partial charge in [0.15, 0.2) is 0 Å². The first-order chi connectivity index (χ1) is 12.4. The van der Waals surface area contributed by atoms with E-state index >= 15 is 0 Å². The molecule has 0 unspecified atom stereocenters. The van der Waals surface area contributed by atoms with Crippen molar-refractivity contribution in [3.8, 4) is 0 Å². The van der Waals surface area contributed by atoms with Gasteiger partial charge in [0.05, 0.1) is 31.1 Å². The lowest BCUT2D eigenvalue weighted by atomic mass is 10.2. The SMILES string of the molecule is C=CCOC(=O)N1C[C@@H](OS(C)(=O)=O)C[C@H]1C=Cc1ncc2sccn12. The van der Waals surface area contributed by atoms with Gasteiger partial charge in [-0.15, -0.1) is 11.3 Å². The second-order valence-corrected chi connectivity index (χ2v) is 8.36. The van der Waals surface area contributed by atoms with Crippen LogP contribution in [-0.2, 0) is 19.0 Å². The number of hydrogen-bond donors (Lipinski definition) is 0. The number of aromatic nitrogens is 2. The van der Waals surface area contributed by atoms with Crippen molar-refractivity contribution in [2.24, 2.45) is 0 Å². The fourth-order valence-electron chi connectivity index (χ4n) is 2.83. The molecule has 0 radical (unpaired) electrons. The molecule has 140 valence electrons. The molecule has 0 N–H and O–H groups in total. The Bertz CT molecular complexity index is 931. The minimum Gasteiger partial charge on any atom is -0.445 e. The number of hydrogen-bond acceptors (Lipinski definition) is 7. The topological polar surface area (TPSA) is 90.2 Å². The lowest BCUT2D eigenvalue weighted by molar-refractivity contribution is 0.109. The van der Waals surface area contributed by atoms with Gasteiger partial charge in [-0.25, -0.2) is 9.78 Å². The van der Waals surface area contributed by atoms with Gasteiger partial charge >= 0.3 is 6.09 Å². The molecule has 1 amide bonds. The van der Waals surface area contributed by atoms with Gasteiger partial charge in [0.2, 0.25) is 0 Å². The van der Waals surface area contributed by atoms with Crippen LogP contribution in [0.5, 0.6) is 0 Å². The summed E-state index contributed by atoms with van der Waals surface area (Å²) in [6, 6.07) is -0.356. The van der Waals surface area contributed by atoms with E-state index in [2.05, 4.69) is 11.6 Å². The van der Waals surface area contributed by atoms with Gasteiger partial charge < -0.3 is 4.74 Å². The molecule has 8 nitrogen and oxygen atoms in total. The maximum atomic E-state index is 12.3. The van der Waals surface area contributed by atoms with E-state index in [0.717, 1.165) is 16.9 Å². The third kappa shape index (κ3) is 4.32. The highest BCUT2D eigenvalue weighted by Crippen LogP contribution is 2.24. The average Bonchev–Trinajstić information content (AvgIpc) is 3.25. The smallest absolute Gasteiger partial charge is 0.410 e. The summed E-state index contributed by atoms with van der Waals surface area (Å²) in [5, 5.41) is 1.96. The summed E-state index contributed by atoms with van der Waals surface area (Å²) in [7, 11) is -3.61. The molecule has 0 spiro atoms. The Kier molecular flexibility index (Phi) is 5.44. The highest BCUT2D eigenvalue weighted by Gasteiger charge is 2.37. The van der Waals surface area contributed by atoms with Gasteiger partial charge in [-0.2, -0.15) is 8.42 Å². The first kappa shape index (κ1) is 18.6. The van der Waals surface area contributed by atoms with Crippen LogP contribution in [0, 0.1) is 0 Å². The predicted molar refractivity (Wildman–Crippen MR) is 98.5 cm³/mol. The van der Waals surface area contributed by atoms with Crippen molar-refractivity contribution in [2.45, 2.75) is 18.6 Å². The zero-order chi connectivity index (χ0) is 18.7. The third-order valence-corrected chi connectivity index (χ3v) is 5.26. The zero-order valence-electron chi connectivity index (χ0n) is 14.1. The molecule has 0 saturated carbocycles. The van der Waals surface area contributed by atoms with Crippen molar-refractivity contribution in [1.82, 2.24) is 14.3 Å². The van der Waals surface area contributed by atoms with Crippen LogP contribution in [0.1, 0.15) is 12.2 Å². The van der Waals surface area contributed by atoms with Gasteiger partial charge in [0.25, 0.3) is 10.1 Å². The van der Waals surface area contributed by atoms with Crippen LogP contribution in [0.15, 0.2) is 36.5 Å². The predicted octanol–water partition coefficient (Wildman–Crippen LogP) is 2.15. The molecule has 3 rings (SSSR count). The molecule has 0 aliphatic carbocycles. The standard InChI is InChI=1S/C16H19N3O5S2/c1-3-7-23-16(20)19-11-13(24-26(2,21)22)9-12(19)4-5-14-17-10-15-18(14)6-8-25-15/h3-6,8,10,12-13H,1,7,9,11H2,2H3/t12-,13+/m1/s1. The number of thiazole rings is 1. The number of carbonyl (C=O) groups is 1. The molecule has 3 heterocycles. The molecule has 1 fully saturated rings. The van der Waals surface area contributed by atoms with Crippen molar-refractivity contribution in [3.05, 3.63) is 42.3 Å². The molecule has 0 bridgehead atoms. The monoisotopic (exact) mass is 397 g/mol. The minimum absolute atomic E-state index is 0.0825. The Morgan fingerprint density at radius 2 is 2.35 bits per heavy atom. The summed E-state index contributed by atoms with van der Waals surface area (Å²) in [5.74, 6) is 0.730. The number of nitrogens with zero attached hydrogens (tertiary/aromatic N) is 3. The lowest BCUT2D eigenvalue weighted by Gasteiger charge is -2.20. The highest BCUT2D eigenvalue weighted by molar-refractivity contribution is 7.86. The molecule has 1 aliphatic heterocycles. The normalized spacial score (nSPS) is 20.9. The Labute approximate surface area is 155 Å². The zero-order valence-corrected chi connectivity index (χ0v) is 15.8. The van der Waals surface area contributed by atoms with E-state index in [-0.39, 0.29) is 19.2 Å². The Morgan fingerprint density at radius 1 is 1.54 bits per heavy atom. The summed E-state index contributed by atoms with van der Waals surface area (Å²) >= 11 is 1.57. The maximum absolute atomic E-state index is 12.3. The number of rotatable bonds is 6. The second kappa shape index (κ2) is 7.60. The van der Waals surface area contributed by atoms with Gasteiger partial charge in [-0.1, -0.05) is 18.7 Å². The molecular formula is C16H19N3O5S2. The summed E-state index contributed by atoms with van der Waals surface area (Å²) in [4.78, 5) is 19.0. The molecule has 2 aromatic rings. The maximum Gasteiger partial charge on any atom is 0.410 e. The van der Waals surface area contributed by atoms with Crippen molar-refractivity contribution in [3.63, 3.8) is 0 Å². The van der Waals surface area contributed by atoms with Crippen molar-refractivity contribution in [1.29, 1.82) is 0 Å². The number of likely N-dealkylation sites (tertiary alicyclic amines) is 1. The largest absolute Gasteiger partial charge is 0.445 e. The molecular weight excluding hydrogens is 378 g/mol. The first-order valence-corrected chi connectivity index (χ1v) is 10.6. The van der Waals surface area contributed by atoms with E-state index < -0.39 is 22.3 Å². The van der Waals surface area contributed by atoms with Crippen LogP contribution in [-0.4, -0.2) is 60.3 Å². The van der Waals surface area contributed by atoms with E-state index in [1.165, 1.54) is 11.0 Å².